The number of carbonyl (C=O) groups is 1. The molecule has 2 N–H and O–H groups in total. The second-order valence-electron chi connectivity index (χ2n) is 7.43. The van der Waals surface area contributed by atoms with Crippen molar-refractivity contribution in [2.24, 2.45) is 0 Å². The maximum absolute atomic E-state index is 13.1. The van der Waals surface area contributed by atoms with Gasteiger partial charge < -0.3 is 10.6 Å². The Morgan fingerprint density at radius 2 is 1.83 bits per heavy atom. The molecule has 0 aliphatic heterocycles. The Bertz CT molecular complexity index is 1030. The summed E-state index contributed by atoms with van der Waals surface area (Å²) < 4.78 is 14.8. The van der Waals surface area contributed by atoms with Crippen LogP contribution >= 0.6 is 11.6 Å². The lowest BCUT2D eigenvalue weighted by Gasteiger charge is -2.29. The SMILES string of the molecule is CC(=O)N[C@H]1CC[C@H](Nc2ncc(Cl)c(-c3cnn(-c4ccc(F)cc4)c3)n2)CC1. The third kappa shape index (κ3) is 4.76. The van der Waals surface area contributed by atoms with Crippen molar-refractivity contribution in [3.05, 3.63) is 53.7 Å². The largest absolute Gasteiger partial charge is 0.354 e. The Labute approximate surface area is 178 Å². The van der Waals surface area contributed by atoms with Gasteiger partial charge in [-0.05, 0) is 49.9 Å². The molecular weight excluding hydrogens is 407 g/mol. The van der Waals surface area contributed by atoms with Crippen molar-refractivity contribution in [1.29, 1.82) is 0 Å². The molecule has 156 valence electrons. The first kappa shape index (κ1) is 20.3. The lowest BCUT2D eigenvalue weighted by atomic mass is 9.91. The molecule has 0 saturated heterocycles. The lowest BCUT2D eigenvalue weighted by Crippen LogP contribution is -2.39. The summed E-state index contributed by atoms with van der Waals surface area (Å²) in [5.41, 5.74) is 2.06. The van der Waals surface area contributed by atoms with E-state index in [1.165, 1.54) is 12.1 Å². The molecule has 1 aliphatic carbocycles. The Morgan fingerprint density at radius 3 is 2.53 bits per heavy atom. The quantitative estimate of drug-likeness (QED) is 0.642. The van der Waals surface area contributed by atoms with Crippen LogP contribution in [0.2, 0.25) is 5.02 Å². The van der Waals surface area contributed by atoms with Gasteiger partial charge in [0.1, 0.15) is 5.82 Å². The number of carbonyl (C=O) groups excluding carboxylic acids is 1. The zero-order valence-electron chi connectivity index (χ0n) is 16.5. The monoisotopic (exact) mass is 428 g/mol. The fourth-order valence-electron chi connectivity index (χ4n) is 3.67. The van der Waals surface area contributed by atoms with Crippen molar-refractivity contribution in [1.82, 2.24) is 25.1 Å². The molecule has 1 amide bonds. The van der Waals surface area contributed by atoms with E-state index in [2.05, 4.69) is 25.7 Å². The molecule has 0 spiro atoms. The van der Waals surface area contributed by atoms with E-state index < -0.39 is 0 Å². The molecule has 1 fully saturated rings. The molecule has 1 aromatic carbocycles. The van der Waals surface area contributed by atoms with Gasteiger partial charge in [-0.3, -0.25) is 4.79 Å². The van der Waals surface area contributed by atoms with Crippen molar-refractivity contribution >= 4 is 23.5 Å². The molecule has 1 aliphatic rings. The molecule has 9 heteroatoms. The molecule has 2 heterocycles. The Morgan fingerprint density at radius 1 is 1.13 bits per heavy atom. The predicted octanol–water partition coefficient (Wildman–Crippen LogP) is 3.98. The second kappa shape index (κ2) is 8.79. The highest BCUT2D eigenvalue weighted by Gasteiger charge is 2.22. The molecule has 2 aromatic heterocycles. The average molecular weight is 429 g/mol. The fraction of sp³-hybridized carbons (Fsp3) is 0.333. The molecule has 30 heavy (non-hydrogen) atoms. The normalized spacial score (nSPS) is 18.8. The molecule has 0 bridgehead atoms. The maximum Gasteiger partial charge on any atom is 0.223 e. The van der Waals surface area contributed by atoms with E-state index in [1.807, 2.05) is 0 Å². The minimum Gasteiger partial charge on any atom is -0.354 e. The van der Waals surface area contributed by atoms with Gasteiger partial charge in [-0.15, -0.1) is 0 Å². The number of hydrogen-bond acceptors (Lipinski definition) is 5. The van der Waals surface area contributed by atoms with E-state index in [9.17, 15) is 9.18 Å². The third-order valence-corrected chi connectivity index (χ3v) is 5.44. The van der Waals surface area contributed by atoms with Crippen LogP contribution in [0.25, 0.3) is 16.9 Å². The average Bonchev–Trinajstić information content (AvgIpc) is 3.21. The molecular formula is C21H22ClFN6O. The number of nitrogens with zero attached hydrogens (tertiary/aromatic N) is 4. The molecule has 0 radical (unpaired) electrons. The standard InChI is InChI=1S/C21H22ClFN6O/c1-13(30)26-16-4-6-17(7-5-16)27-21-24-11-19(22)20(28-21)14-10-25-29(12-14)18-8-2-15(23)3-9-18/h2-3,8-12,16-17H,4-7H2,1H3,(H,26,30)(H,24,27,28)/t16-,17-. The Balaban J connectivity index is 1.46. The summed E-state index contributed by atoms with van der Waals surface area (Å²) in [6.45, 7) is 1.55. The smallest absolute Gasteiger partial charge is 0.223 e. The lowest BCUT2D eigenvalue weighted by molar-refractivity contribution is -0.119. The van der Waals surface area contributed by atoms with Gasteiger partial charge >= 0.3 is 0 Å². The van der Waals surface area contributed by atoms with Crippen molar-refractivity contribution in [2.75, 3.05) is 5.32 Å². The van der Waals surface area contributed by atoms with Crippen LogP contribution in [0.3, 0.4) is 0 Å². The third-order valence-electron chi connectivity index (χ3n) is 5.16. The minimum absolute atomic E-state index is 0.0123. The minimum atomic E-state index is -0.299. The number of nitrogens with one attached hydrogen (secondary N) is 2. The molecule has 7 nitrogen and oxygen atoms in total. The van der Waals surface area contributed by atoms with E-state index in [4.69, 9.17) is 11.6 Å². The summed E-state index contributed by atoms with van der Waals surface area (Å²) in [6.07, 6.45) is 8.72. The van der Waals surface area contributed by atoms with E-state index in [1.54, 1.807) is 42.3 Å². The predicted molar refractivity (Wildman–Crippen MR) is 113 cm³/mol. The number of rotatable bonds is 5. The summed E-state index contributed by atoms with van der Waals surface area (Å²) >= 11 is 6.34. The van der Waals surface area contributed by atoms with E-state index in [0.29, 0.717) is 16.7 Å². The first-order valence-electron chi connectivity index (χ1n) is 9.85. The molecule has 1 saturated carbocycles. The number of halogens is 2. The number of hydrogen-bond donors (Lipinski definition) is 2. The van der Waals surface area contributed by atoms with Crippen LogP contribution in [0, 0.1) is 5.82 Å². The van der Waals surface area contributed by atoms with Gasteiger partial charge in [-0.25, -0.2) is 19.0 Å². The van der Waals surface area contributed by atoms with Gasteiger partial charge in [-0.2, -0.15) is 5.10 Å². The molecule has 0 unspecified atom stereocenters. The van der Waals surface area contributed by atoms with Crippen molar-refractivity contribution < 1.29 is 9.18 Å². The van der Waals surface area contributed by atoms with Gasteiger partial charge in [0.15, 0.2) is 0 Å². The fourth-order valence-corrected chi connectivity index (χ4v) is 3.87. The van der Waals surface area contributed by atoms with Gasteiger partial charge in [0.2, 0.25) is 11.9 Å². The molecule has 4 rings (SSSR count). The summed E-state index contributed by atoms with van der Waals surface area (Å²) in [6, 6.07) is 6.55. The van der Waals surface area contributed by atoms with Crippen LogP contribution in [0.5, 0.6) is 0 Å². The van der Waals surface area contributed by atoms with Crippen molar-refractivity contribution in [3.8, 4) is 16.9 Å². The second-order valence-corrected chi connectivity index (χ2v) is 7.84. The van der Waals surface area contributed by atoms with Crippen molar-refractivity contribution in [2.45, 2.75) is 44.7 Å². The van der Waals surface area contributed by atoms with Gasteiger partial charge in [0, 0.05) is 30.8 Å². The number of aromatic nitrogens is 4. The first-order chi connectivity index (χ1) is 14.5. The Kier molecular flexibility index (Phi) is 5.94. The molecule has 3 aromatic rings. The summed E-state index contributed by atoms with van der Waals surface area (Å²) in [5.74, 6) is 0.219. The number of benzene rings is 1. The first-order valence-corrected chi connectivity index (χ1v) is 10.2. The maximum atomic E-state index is 13.1. The highest BCUT2D eigenvalue weighted by Crippen LogP contribution is 2.28. The van der Waals surface area contributed by atoms with Gasteiger partial charge in [0.25, 0.3) is 0 Å². The van der Waals surface area contributed by atoms with Crippen LogP contribution in [0.1, 0.15) is 32.6 Å². The Hall–Kier alpha value is -3.00. The zero-order chi connectivity index (χ0) is 21.1. The van der Waals surface area contributed by atoms with Crippen molar-refractivity contribution in [3.63, 3.8) is 0 Å². The van der Waals surface area contributed by atoms with Crippen LogP contribution < -0.4 is 10.6 Å². The van der Waals surface area contributed by atoms with Crippen LogP contribution in [0.4, 0.5) is 10.3 Å². The summed E-state index contributed by atoms with van der Waals surface area (Å²) in [5, 5.41) is 11.1. The van der Waals surface area contributed by atoms with E-state index in [-0.39, 0.29) is 23.8 Å². The number of amides is 1. The highest BCUT2D eigenvalue weighted by atomic mass is 35.5. The summed E-state index contributed by atoms with van der Waals surface area (Å²) in [4.78, 5) is 20.1. The van der Waals surface area contributed by atoms with Crippen LogP contribution in [0.15, 0.2) is 42.9 Å². The van der Waals surface area contributed by atoms with Gasteiger partial charge in [0.05, 0.1) is 28.8 Å². The van der Waals surface area contributed by atoms with Gasteiger partial charge in [-0.1, -0.05) is 11.6 Å². The topological polar surface area (TPSA) is 84.7 Å². The number of anilines is 1. The highest BCUT2D eigenvalue weighted by molar-refractivity contribution is 6.32. The van der Waals surface area contributed by atoms with Crippen LogP contribution in [-0.2, 0) is 4.79 Å². The van der Waals surface area contributed by atoms with Crippen LogP contribution in [-0.4, -0.2) is 37.7 Å². The van der Waals surface area contributed by atoms with E-state index in [0.717, 1.165) is 36.9 Å². The summed E-state index contributed by atoms with van der Waals surface area (Å²) in [7, 11) is 0. The molecule has 0 atom stereocenters. The van der Waals surface area contributed by atoms with E-state index >= 15 is 0 Å². The zero-order valence-corrected chi connectivity index (χ0v) is 17.2.